The fourth-order valence-electron chi connectivity index (χ4n) is 2.21. The number of nitrogens with one attached hydrogen (secondary N) is 1. The van der Waals surface area contributed by atoms with Gasteiger partial charge in [-0.05, 0) is 36.2 Å². The minimum atomic E-state index is -0.313. The third-order valence-corrected chi connectivity index (χ3v) is 3.66. The van der Waals surface area contributed by atoms with Gasteiger partial charge in [-0.2, -0.15) is 0 Å². The van der Waals surface area contributed by atoms with Crippen molar-refractivity contribution >= 4 is 23.2 Å². The van der Waals surface area contributed by atoms with E-state index < -0.39 is 0 Å². The topological polar surface area (TPSA) is 63.8 Å². The molecule has 0 saturated carbocycles. The standard InChI is InChI=1S/C16H15ClN2O3/c17-12-5-3-11(4-6-12)7-8-18-16(20)13-10-15(22-19-13)14-2-1-9-21-14/h1-6,9,15H,7-8,10H2,(H,18,20). The van der Waals surface area contributed by atoms with Gasteiger partial charge in [0.1, 0.15) is 11.5 Å². The molecule has 1 aromatic heterocycles. The molecular formula is C16H15ClN2O3. The predicted molar refractivity (Wildman–Crippen MR) is 82.8 cm³/mol. The molecule has 0 fully saturated rings. The summed E-state index contributed by atoms with van der Waals surface area (Å²) in [6.45, 7) is 0.533. The van der Waals surface area contributed by atoms with Gasteiger partial charge in [-0.25, -0.2) is 0 Å². The van der Waals surface area contributed by atoms with Crippen LogP contribution in [0.5, 0.6) is 0 Å². The summed E-state index contributed by atoms with van der Waals surface area (Å²) in [4.78, 5) is 17.3. The van der Waals surface area contributed by atoms with Crippen LogP contribution in [0.25, 0.3) is 0 Å². The quantitative estimate of drug-likeness (QED) is 0.921. The molecule has 1 aliphatic heterocycles. The van der Waals surface area contributed by atoms with E-state index in [1.807, 2.05) is 30.3 Å². The van der Waals surface area contributed by atoms with Crippen molar-refractivity contribution in [3.63, 3.8) is 0 Å². The van der Waals surface area contributed by atoms with Crippen molar-refractivity contribution in [1.82, 2.24) is 5.32 Å². The molecule has 0 bridgehead atoms. The zero-order chi connectivity index (χ0) is 15.4. The molecular weight excluding hydrogens is 304 g/mol. The maximum Gasteiger partial charge on any atom is 0.269 e. The summed E-state index contributed by atoms with van der Waals surface area (Å²) in [5.74, 6) is 0.468. The Kier molecular flexibility index (Phi) is 4.44. The molecule has 1 aliphatic rings. The highest BCUT2D eigenvalue weighted by molar-refractivity contribution is 6.39. The highest BCUT2D eigenvalue weighted by atomic mass is 35.5. The highest BCUT2D eigenvalue weighted by Gasteiger charge is 2.28. The Morgan fingerprint density at radius 1 is 1.32 bits per heavy atom. The van der Waals surface area contributed by atoms with E-state index in [-0.39, 0.29) is 12.0 Å². The molecule has 0 saturated heterocycles. The number of hydrogen-bond acceptors (Lipinski definition) is 4. The van der Waals surface area contributed by atoms with Crippen molar-refractivity contribution in [3.05, 3.63) is 59.0 Å². The van der Waals surface area contributed by atoms with Gasteiger partial charge in [0.2, 0.25) is 0 Å². The summed E-state index contributed by atoms with van der Waals surface area (Å²) in [5, 5.41) is 7.38. The minimum absolute atomic E-state index is 0.206. The Hall–Kier alpha value is -2.27. The SMILES string of the molecule is O=C(NCCc1ccc(Cl)cc1)C1=NOC(c2ccco2)C1. The van der Waals surface area contributed by atoms with Gasteiger partial charge in [0, 0.05) is 18.0 Å². The molecule has 114 valence electrons. The van der Waals surface area contributed by atoms with Crippen LogP contribution in [0.1, 0.15) is 23.8 Å². The second kappa shape index (κ2) is 6.66. The van der Waals surface area contributed by atoms with Gasteiger partial charge in [-0.1, -0.05) is 28.9 Å². The van der Waals surface area contributed by atoms with E-state index in [2.05, 4.69) is 10.5 Å². The number of rotatable bonds is 5. The van der Waals surface area contributed by atoms with Crippen molar-refractivity contribution in [3.8, 4) is 0 Å². The highest BCUT2D eigenvalue weighted by Crippen LogP contribution is 2.27. The zero-order valence-electron chi connectivity index (χ0n) is 11.8. The minimum Gasteiger partial charge on any atom is -0.465 e. The second-order valence-electron chi connectivity index (χ2n) is 4.98. The zero-order valence-corrected chi connectivity index (χ0v) is 12.5. The Morgan fingerprint density at radius 3 is 2.86 bits per heavy atom. The average molecular weight is 319 g/mol. The molecule has 3 rings (SSSR count). The van der Waals surface area contributed by atoms with Crippen LogP contribution in [-0.4, -0.2) is 18.2 Å². The van der Waals surface area contributed by atoms with Crippen LogP contribution in [0.3, 0.4) is 0 Å². The fourth-order valence-corrected chi connectivity index (χ4v) is 2.34. The van der Waals surface area contributed by atoms with Crippen LogP contribution in [0.2, 0.25) is 5.02 Å². The first-order chi connectivity index (χ1) is 10.7. The van der Waals surface area contributed by atoms with Gasteiger partial charge in [0.05, 0.1) is 6.26 Å². The summed E-state index contributed by atoms with van der Waals surface area (Å²) in [6, 6.07) is 11.1. The van der Waals surface area contributed by atoms with E-state index in [1.165, 1.54) is 0 Å². The molecule has 22 heavy (non-hydrogen) atoms. The lowest BCUT2D eigenvalue weighted by atomic mass is 10.1. The number of carbonyl (C=O) groups excluding carboxylic acids is 1. The van der Waals surface area contributed by atoms with E-state index in [0.717, 1.165) is 12.0 Å². The molecule has 1 atom stereocenters. The lowest BCUT2D eigenvalue weighted by molar-refractivity contribution is -0.114. The summed E-state index contributed by atoms with van der Waals surface area (Å²) < 4.78 is 5.25. The molecule has 0 radical (unpaired) electrons. The number of carbonyl (C=O) groups is 1. The van der Waals surface area contributed by atoms with Gasteiger partial charge in [0.25, 0.3) is 5.91 Å². The Bertz CT molecular complexity index is 665. The van der Waals surface area contributed by atoms with Gasteiger partial charge in [-0.3, -0.25) is 4.79 Å². The maximum absolute atomic E-state index is 12.0. The maximum atomic E-state index is 12.0. The van der Waals surface area contributed by atoms with Crippen LogP contribution in [0.4, 0.5) is 0 Å². The van der Waals surface area contributed by atoms with E-state index >= 15 is 0 Å². The predicted octanol–water partition coefficient (Wildman–Crippen LogP) is 3.11. The molecule has 5 nitrogen and oxygen atoms in total. The summed E-state index contributed by atoms with van der Waals surface area (Å²) in [7, 11) is 0. The van der Waals surface area contributed by atoms with Crippen LogP contribution < -0.4 is 5.32 Å². The smallest absolute Gasteiger partial charge is 0.269 e. The van der Waals surface area contributed by atoms with E-state index in [9.17, 15) is 4.79 Å². The molecule has 0 aliphatic carbocycles. The first-order valence-electron chi connectivity index (χ1n) is 7.01. The summed E-state index contributed by atoms with van der Waals surface area (Å²) >= 11 is 5.83. The van der Waals surface area contributed by atoms with E-state index in [4.69, 9.17) is 20.9 Å². The molecule has 6 heteroatoms. The molecule has 1 amide bonds. The third-order valence-electron chi connectivity index (χ3n) is 3.40. The first kappa shape index (κ1) is 14.7. The van der Waals surface area contributed by atoms with Crippen molar-refractivity contribution in [2.45, 2.75) is 18.9 Å². The van der Waals surface area contributed by atoms with Gasteiger partial charge in [0.15, 0.2) is 6.10 Å². The third kappa shape index (κ3) is 3.49. The Morgan fingerprint density at radius 2 is 2.14 bits per heavy atom. The van der Waals surface area contributed by atoms with Crippen LogP contribution >= 0.6 is 11.6 Å². The number of oxime groups is 1. The van der Waals surface area contributed by atoms with Crippen molar-refractivity contribution in [2.75, 3.05) is 6.54 Å². The summed E-state index contributed by atoms with van der Waals surface area (Å²) in [6.07, 6.45) is 2.41. The first-order valence-corrected chi connectivity index (χ1v) is 7.39. The number of nitrogens with zero attached hydrogens (tertiary/aromatic N) is 1. The lowest BCUT2D eigenvalue weighted by Crippen LogP contribution is -2.32. The molecule has 1 N–H and O–H groups in total. The van der Waals surface area contributed by atoms with Crippen LogP contribution in [0.15, 0.2) is 52.2 Å². The van der Waals surface area contributed by atoms with Crippen molar-refractivity contribution in [2.24, 2.45) is 5.16 Å². The van der Waals surface area contributed by atoms with E-state index in [0.29, 0.717) is 29.5 Å². The van der Waals surface area contributed by atoms with Gasteiger partial charge >= 0.3 is 0 Å². The van der Waals surface area contributed by atoms with Crippen LogP contribution in [0, 0.1) is 0 Å². The second-order valence-corrected chi connectivity index (χ2v) is 5.42. The van der Waals surface area contributed by atoms with Crippen LogP contribution in [-0.2, 0) is 16.1 Å². The van der Waals surface area contributed by atoms with E-state index in [1.54, 1.807) is 12.3 Å². The number of amides is 1. The Labute approximate surface area is 132 Å². The number of halogens is 1. The number of furan rings is 1. The van der Waals surface area contributed by atoms with Crippen molar-refractivity contribution in [1.29, 1.82) is 0 Å². The largest absolute Gasteiger partial charge is 0.465 e. The fraction of sp³-hybridized carbons (Fsp3) is 0.250. The number of hydrogen-bond donors (Lipinski definition) is 1. The van der Waals surface area contributed by atoms with Crippen molar-refractivity contribution < 1.29 is 14.0 Å². The average Bonchev–Trinajstić information content (AvgIpc) is 3.20. The molecule has 1 unspecified atom stereocenters. The van der Waals surface area contributed by atoms with Gasteiger partial charge < -0.3 is 14.6 Å². The monoisotopic (exact) mass is 318 g/mol. The molecule has 2 heterocycles. The normalized spacial score (nSPS) is 17.0. The lowest BCUT2D eigenvalue weighted by Gasteiger charge is -2.05. The molecule has 0 spiro atoms. The molecule has 1 aromatic carbocycles. The Balaban J connectivity index is 1.46. The summed E-state index contributed by atoms with van der Waals surface area (Å²) in [5.41, 5.74) is 1.50. The number of benzene rings is 1. The van der Waals surface area contributed by atoms with Gasteiger partial charge in [-0.15, -0.1) is 0 Å². The molecule has 2 aromatic rings.